The number of aromatic nitrogens is 2. The topological polar surface area (TPSA) is 64.0 Å². The van der Waals surface area contributed by atoms with Crippen LogP contribution in [0, 0.1) is 5.92 Å². The summed E-state index contributed by atoms with van der Waals surface area (Å²) in [5.74, 6) is 2.37. The summed E-state index contributed by atoms with van der Waals surface area (Å²) in [5.41, 5.74) is 2.51. The van der Waals surface area contributed by atoms with Crippen molar-refractivity contribution in [3.63, 3.8) is 0 Å². The van der Waals surface area contributed by atoms with Crippen LogP contribution in [0.3, 0.4) is 0 Å². The van der Waals surface area contributed by atoms with Crippen molar-refractivity contribution in [2.75, 3.05) is 18.1 Å². The number of fused-ring (bicyclic) bond motifs is 1. The highest BCUT2D eigenvalue weighted by Gasteiger charge is 2.30. The van der Waals surface area contributed by atoms with Gasteiger partial charge in [-0.05, 0) is 18.8 Å². The fraction of sp³-hybridized carbons (Fsp3) is 0.800. The van der Waals surface area contributed by atoms with Gasteiger partial charge in [-0.2, -0.15) is 0 Å². The lowest BCUT2D eigenvalue weighted by Crippen LogP contribution is -2.30. The predicted molar refractivity (Wildman–Crippen MR) is 83.1 cm³/mol. The zero-order valence-corrected chi connectivity index (χ0v) is 13.7. The molecule has 0 amide bonds. The lowest BCUT2D eigenvalue weighted by Gasteiger charge is -2.28. The van der Waals surface area contributed by atoms with Gasteiger partial charge in [-0.15, -0.1) is 0 Å². The Balaban J connectivity index is 1.93. The number of hydrogen-bond donors (Lipinski definition) is 1. The van der Waals surface area contributed by atoms with Gasteiger partial charge in [0, 0.05) is 37.7 Å². The SMILES string of the molecule is CC(C)Cc1nc2c(n1C1CCS(=O)(=O)CC1)CCNC2. The Morgan fingerprint density at radius 1 is 1.33 bits per heavy atom. The Morgan fingerprint density at radius 3 is 2.71 bits per heavy atom. The first-order chi connectivity index (χ1) is 9.96. The van der Waals surface area contributed by atoms with Gasteiger partial charge in [0.15, 0.2) is 0 Å². The van der Waals surface area contributed by atoms with Crippen LogP contribution in [0.15, 0.2) is 0 Å². The van der Waals surface area contributed by atoms with Crippen molar-refractivity contribution in [3.8, 4) is 0 Å². The summed E-state index contributed by atoms with van der Waals surface area (Å²) in [6.07, 6.45) is 3.45. The van der Waals surface area contributed by atoms with E-state index in [4.69, 9.17) is 4.98 Å². The number of imidazole rings is 1. The molecule has 3 heterocycles. The smallest absolute Gasteiger partial charge is 0.150 e. The third-order valence-electron chi connectivity index (χ3n) is 4.48. The molecule has 0 atom stereocenters. The zero-order chi connectivity index (χ0) is 15.0. The molecule has 5 nitrogen and oxygen atoms in total. The van der Waals surface area contributed by atoms with E-state index in [9.17, 15) is 8.42 Å². The third-order valence-corrected chi connectivity index (χ3v) is 6.19. The minimum absolute atomic E-state index is 0.316. The molecule has 0 aromatic carbocycles. The van der Waals surface area contributed by atoms with E-state index in [1.807, 2.05) is 0 Å². The Hall–Kier alpha value is -0.880. The van der Waals surface area contributed by atoms with Crippen molar-refractivity contribution >= 4 is 9.84 Å². The van der Waals surface area contributed by atoms with Crippen LogP contribution in [0.25, 0.3) is 0 Å². The molecular weight excluding hydrogens is 286 g/mol. The minimum Gasteiger partial charge on any atom is -0.329 e. The van der Waals surface area contributed by atoms with Gasteiger partial charge in [0.05, 0.1) is 17.2 Å². The van der Waals surface area contributed by atoms with Crippen LogP contribution >= 0.6 is 0 Å². The normalized spacial score (nSPS) is 22.4. The minimum atomic E-state index is -2.81. The Labute approximate surface area is 127 Å². The van der Waals surface area contributed by atoms with Gasteiger partial charge in [0.2, 0.25) is 0 Å². The number of nitrogens with one attached hydrogen (secondary N) is 1. The van der Waals surface area contributed by atoms with Gasteiger partial charge in [-0.25, -0.2) is 13.4 Å². The van der Waals surface area contributed by atoms with E-state index in [1.165, 1.54) is 11.4 Å². The predicted octanol–water partition coefficient (Wildman–Crippen LogP) is 1.48. The third kappa shape index (κ3) is 3.16. The summed E-state index contributed by atoms with van der Waals surface area (Å²) in [6, 6.07) is 0.316. The van der Waals surface area contributed by atoms with Crippen molar-refractivity contribution in [2.24, 2.45) is 5.92 Å². The van der Waals surface area contributed by atoms with Gasteiger partial charge in [-0.3, -0.25) is 0 Å². The molecule has 118 valence electrons. The highest BCUT2D eigenvalue weighted by molar-refractivity contribution is 7.91. The van der Waals surface area contributed by atoms with E-state index >= 15 is 0 Å². The number of hydrogen-bond acceptors (Lipinski definition) is 4. The molecule has 2 aliphatic rings. The Kier molecular flexibility index (Phi) is 4.10. The number of rotatable bonds is 3. The molecule has 0 radical (unpaired) electrons. The number of nitrogens with zero attached hydrogens (tertiary/aromatic N) is 2. The largest absolute Gasteiger partial charge is 0.329 e. The highest BCUT2D eigenvalue weighted by atomic mass is 32.2. The van der Waals surface area contributed by atoms with Crippen molar-refractivity contribution in [1.82, 2.24) is 14.9 Å². The molecule has 1 aromatic rings. The zero-order valence-electron chi connectivity index (χ0n) is 12.9. The highest BCUT2D eigenvalue weighted by Crippen LogP contribution is 2.30. The van der Waals surface area contributed by atoms with Crippen LogP contribution in [-0.2, 0) is 29.2 Å². The average molecular weight is 311 g/mol. The summed E-state index contributed by atoms with van der Waals surface area (Å²) in [4.78, 5) is 4.85. The molecule has 3 rings (SSSR count). The summed E-state index contributed by atoms with van der Waals surface area (Å²) in [5, 5.41) is 3.38. The van der Waals surface area contributed by atoms with Crippen LogP contribution in [0.5, 0.6) is 0 Å². The van der Waals surface area contributed by atoms with Crippen LogP contribution in [0.1, 0.15) is 49.9 Å². The molecular formula is C15H25N3O2S. The fourth-order valence-corrected chi connectivity index (χ4v) is 4.93. The second kappa shape index (κ2) is 5.72. The summed E-state index contributed by atoms with van der Waals surface area (Å²) in [7, 11) is -2.81. The Bertz CT molecular complexity index is 605. The van der Waals surface area contributed by atoms with Crippen molar-refractivity contribution in [3.05, 3.63) is 17.2 Å². The maximum Gasteiger partial charge on any atom is 0.150 e. The van der Waals surface area contributed by atoms with E-state index in [1.54, 1.807) is 0 Å². The fourth-order valence-electron chi connectivity index (χ4n) is 3.46. The standard InChI is InChI=1S/C15H25N3O2S/c1-11(2)9-15-17-13-10-16-6-3-14(13)18(15)12-4-7-21(19,20)8-5-12/h11-12,16H,3-10H2,1-2H3. The second-order valence-corrected chi connectivity index (χ2v) is 9.00. The van der Waals surface area contributed by atoms with Gasteiger partial charge < -0.3 is 9.88 Å². The Morgan fingerprint density at radius 2 is 2.05 bits per heavy atom. The van der Waals surface area contributed by atoms with Crippen molar-refractivity contribution in [1.29, 1.82) is 0 Å². The molecule has 0 bridgehead atoms. The summed E-state index contributed by atoms with van der Waals surface area (Å²) < 4.78 is 25.8. The molecule has 1 aromatic heterocycles. The summed E-state index contributed by atoms with van der Waals surface area (Å²) in [6.45, 7) is 6.26. The van der Waals surface area contributed by atoms with E-state index in [0.717, 1.165) is 44.6 Å². The monoisotopic (exact) mass is 311 g/mol. The van der Waals surface area contributed by atoms with Crippen molar-refractivity contribution in [2.45, 2.75) is 52.1 Å². The van der Waals surface area contributed by atoms with Crippen LogP contribution in [0.4, 0.5) is 0 Å². The van der Waals surface area contributed by atoms with Gasteiger partial charge in [-0.1, -0.05) is 13.8 Å². The van der Waals surface area contributed by atoms with Gasteiger partial charge >= 0.3 is 0 Å². The van der Waals surface area contributed by atoms with Gasteiger partial charge in [0.1, 0.15) is 15.7 Å². The molecule has 21 heavy (non-hydrogen) atoms. The van der Waals surface area contributed by atoms with Crippen LogP contribution in [0.2, 0.25) is 0 Å². The maximum absolute atomic E-state index is 11.7. The van der Waals surface area contributed by atoms with E-state index in [-0.39, 0.29) is 0 Å². The molecule has 0 spiro atoms. The average Bonchev–Trinajstić information content (AvgIpc) is 2.76. The molecule has 0 aliphatic carbocycles. The lowest BCUT2D eigenvalue weighted by atomic mass is 10.1. The molecule has 0 saturated carbocycles. The first-order valence-electron chi connectivity index (χ1n) is 7.96. The maximum atomic E-state index is 11.7. The summed E-state index contributed by atoms with van der Waals surface area (Å²) >= 11 is 0. The van der Waals surface area contributed by atoms with Crippen molar-refractivity contribution < 1.29 is 8.42 Å². The van der Waals surface area contributed by atoms with Crippen LogP contribution < -0.4 is 5.32 Å². The first kappa shape index (κ1) is 15.0. The first-order valence-corrected chi connectivity index (χ1v) is 9.78. The van der Waals surface area contributed by atoms with E-state index in [2.05, 4.69) is 23.7 Å². The molecule has 6 heteroatoms. The molecule has 1 fully saturated rings. The van der Waals surface area contributed by atoms with Crippen LogP contribution in [-0.4, -0.2) is 36.0 Å². The number of sulfone groups is 1. The van der Waals surface area contributed by atoms with E-state index in [0.29, 0.717) is 23.5 Å². The quantitative estimate of drug-likeness (QED) is 0.918. The molecule has 1 N–H and O–H groups in total. The van der Waals surface area contributed by atoms with Gasteiger partial charge in [0.25, 0.3) is 0 Å². The second-order valence-electron chi connectivity index (χ2n) is 6.70. The van der Waals surface area contributed by atoms with E-state index < -0.39 is 9.84 Å². The molecule has 2 aliphatic heterocycles. The molecule has 1 saturated heterocycles. The molecule has 0 unspecified atom stereocenters. The lowest BCUT2D eigenvalue weighted by molar-refractivity contribution is 0.413.